The van der Waals surface area contributed by atoms with Crippen molar-refractivity contribution in [2.75, 3.05) is 20.6 Å². The Kier molecular flexibility index (Phi) is 8.85. The predicted molar refractivity (Wildman–Crippen MR) is 94.3 cm³/mol. The van der Waals surface area contributed by atoms with Gasteiger partial charge in [0, 0.05) is 19.6 Å². The van der Waals surface area contributed by atoms with E-state index in [-0.39, 0.29) is 11.5 Å². The number of aromatic nitrogens is 1. The molecule has 1 aromatic heterocycles. The van der Waals surface area contributed by atoms with Crippen molar-refractivity contribution in [3.63, 3.8) is 0 Å². The average molecular weight is 334 g/mol. The largest absolute Gasteiger partial charge is 0.315 e. The zero-order chi connectivity index (χ0) is 16.8. The number of aryl methyl sites for hydroxylation is 2. The van der Waals surface area contributed by atoms with Gasteiger partial charge in [-0.1, -0.05) is 34.6 Å². The fourth-order valence-electron chi connectivity index (χ4n) is 1.94. The highest BCUT2D eigenvalue weighted by Gasteiger charge is 2.27. The molecule has 124 valence electrons. The van der Waals surface area contributed by atoms with E-state index in [9.17, 15) is 4.21 Å². The minimum absolute atomic E-state index is 0.131. The summed E-state index contributed by atoms with van der Waals surface area (Å²) in [6, 6.07) is 0.288. The van der Waals surface area contributed by atoms with Crippen molar-refractivity contribution in [2.45, 2.75) is 58.7 Å². The first kappa shape index (κ1) is 20.7. The van der Waals surface area contributed by atoms with Gasteiger partial charge in [-0.05, 0) is 26.3 Å². The summed E-state index contributed by atoms with van der Waals surface area (Å²) >= 11 is 1.52. The lowest BCUT2D eigenvalue weighted by atomic mass is 9.87. The molecule has 1 rings (SSSR count). The molecule has 2 unspecified atom stereocenters. The van der Waals surface area contributed by atoms with Crippen LogP contribution >= 0.6 is 11.3 Å². The molecule has 21 heavy (non-hydrogen) atoms. The van der Waals surface area contributed by atoms with Gasteiger partial charge in [0.2, 0.25) is 0 Å². The summed E-state index contributed by atoms with van der Waals surface area (Å²) in [6.07, 6.45) is 0. The second-order valence-electron chi connectivity index (χ2n) is 5.87. The summed E-state index contributed by atoms with van der Waals surface area (Å²) in [4.78, 5) is 4.35. The van der Waals surface area contributed by atoms with E-state index in [0.717, 1.165) is 21.5 Å². The molecule has 0 amide bonds. The molecule has 0 spiro atoms. The van der Waals surface area contributed by atoms with Crippen LogP contribution in [0.5, 0.6) is 0 Å². The normalized spacial score (nSPS) is 14.6. The summed E-state index contributed by atoms with van der Waals surface area (Å²) in [5.74, 6) is 0. The van der Waals surface area contributed by atoms with Gasteiger partial charge in [-0.2, -0.15) is 0 Å². The fourth-order valence-corrected chi connectivity index (χ4v) is 4.48. The lowest BCUT2D eigenvalue weighted by Crippen LogP contribution is -2.46. The van der Waals surface area contributed by atoms with Crippen LogP contribution in [0.25, 0.3) is 0 Å². The van der Waals surface area contributed by atoms with Gasteiger partial charge in [-0.3, -0.25) is 0 Å². The molecular formula is C15H31N3OS2. The summed E-state index contributed by atoms with van der Waals surface area (Å²) in [5.41, 5.74) is 1.01. The highest BCUT2D eigenvalue weighted by Crippen LogP contribution is 2.25. The van der Waals surface area contributed by atoms with E-state index in [1.165, 1.54) is 11.3 Å². The topological polar surface area (TPSA) is 45.2 Å². The van der Waals surface area contributed by atoms with Crippen molar-refractivity contribution in [2.24, 2.45) is 5.41 Å². The van der Waals surface area contributed by atoms with Gasteiger partial charge < -0.3 is 5.32 Å². The molecule has 6 heteroatoms. The van der Waals surface area contributed by atoms with Gasteiger partial charge in [-0.25, -0.2) is 13.5 Å². The van der Waals surface area contributed by atoms with Crippen LogP contribution in [0.15, 0.2) is 4.21 Å². The van der Waals surface area contributed by atoms with Crippen molar-refractivity contribution >= 4 is 22.3 Å². The Labute approximate surface area is 136 Å². The summed E-state index contributed by atoms with van der Waals surface area (Å²) in [7, 11) is 2.73. The maximum absolute atomic E-state index is 12.5. The Morgan fingerprint density at radius 3 is 2.19 bits per heavy atom. The highest BCUT2D eigenvalue weighted by molar-refractivity contribution is 7.85. The quantitative estimate of drug-likeness (QED) is 0.898. The van der Waals surface area contributed by atoms with Crippen molar-refractivity contribution in [3.8, 4) is 0 Å². The van der Waals surface area contributed by atoms with Crippen molar-refractivity contribution in [1.29, 1.82) is 0 Å². The highest BCUT2D eigenvalue weighted by atomic mass is 32.2. The molecule has 0 aliphatic carbocycles. The lowest BCUT2D eigenvalue weighted by molar-refractivity contribution is 0.249. The standard InChI is InChI=1S/C13H25N3OS2.C2H6/c1-9-12(18-10(2)15-9)19(17)16(7)8-11(14-6)13(3,4)5;1-2/h11,14H,8H2,1-7H3;1-2H3. The van der Waals surface area contributed by atoms with Crippen molar-refractivity contribution in [3.05, 3.63) is 10.7 Å². The molecule has 1 heterocycles. The van der Waals surface area contributed by atoms with Crippen LogP contribution < -0.4 is 5.32 Å². The molecule has 1 aromatic rings. The smallest absolute Gasteiger partial charge is 0.139 e. The van der Waals surface area contributed by atoms with E-state index < -0.39 is 11.0 Å². The number of likely N-dealkylation sites (N-methyl/N-ethyl adjacent to an activating group) is 2. The fraction of sp³-hybridized carbons (Fsp3) is 0.800. The number of hydrogen-bond acceptors (Lipinski definition) is 4. The van der Waals surface area contributed by atoms with Crippen molar-refractivity contribution < 1.29 is 4.21 Å². The second-order valence-corrected chi connectivity index (χ2v) is 8.86. The number of thiazole rings is 1. The Morgan fingerprint density at radius 1 is 1.33 bits per heavy atom. The zero-order valence-corrected chi connectivity index (χ0v) is 16.5. The molecule has 0 saturated carbocycles. The van der Waals surface area contributed by atoms with Gasteiger partial charge in [0.15, 0.2) is 0 Å². The molecule has 0 aromatic carbocycles. The van der Waals surface area contributed by atoms with E-state index in [1.807, 2.05) is 46.1 Å². The minimum atomic E-state index is -1.13. The van der Waals surface area contributed by atoms with Crippen LogP contribution in [0.4, 0.5) is 0 Å². The van der Waals surface area contributed by atoms with Gasteiger partial charge >= 0.3 is 0 Å². The zero-order valence-electron chi connectivity index (χ0n) is 14.9. The first-order valence-corrected chi connectivity index (χ1v) is 9.33. The predicted octanol–water partition coefficient (Wildman–Crippen LogP) is 3.37. The SMILES string of the molecule is CC.CNC(CN(C)S(=O)c1sc(C)nc1C)C(C)(C)C. The van der Waals surface area contributed by atoms with Crippen LogP contribution in [0.2, 0.25) is 0 Å². The maximum atomic E-state index is 12.5. The molecule has 2 atom stereocenters. The van der Waals surface area contributed by atoms with E-state index in [4.69, 9.17) is 0 Å². The minimum Gasteiger partial charge on any atom is -0.315 e. The molecule has 0 aliphatic heterocycles. The monoisotopic (exact) mass is 333 g/mol. The molecule has 0 radical (unpaired) electrons. The van der Waals surface area contributed by atoms with Crippen LogP contribution in [-0.4, -0.2) is 40.2 Å². The van der Waals surface area contributed by atoms with Crippen LogP contribution in [0, 0.1) is 19.3 Å². The first-order valence-electron chi connectivity index (χ1n) is 7.41. The molecular weight excluding hydrogens is 302 g/mol. The van der Waals surface area contributed by atoms with Crippen LogP contribution in [0.1, 0.15) is 45.3 Å². The number of rotatable bonds is 5. The molecule has 4 nitrogen and oxygen atoms in total. The van der Waals surface area contributed by atoms with Crippen molar-refractivity contribution in [1.82, 2.24) is 14.6 Å². The number of hydrogen-bond donors (Lipinski definition) is 1. The summed E-state index contributed by atoms with van der Waals surface area (Å²) in [6.45, 7) is 15.2. The molecule has 0 saturated heterocycles. The Hall–Kier alpha value is -0.300. The third-order valence-corrected chi connectivity index (χ3v) is 6.01. The van der Waals surface area contributed by atoms with Gasteiger partial charge in [-0.15, -0.1) is 11.3 Å². The Bertz CT molecular complexity index is 452. The third kappa shape index (κ3) is 6.14. The van der Waals surface area contributed by atoms with E-state index in [2.05, 4.69) is 31.1 Å². The Balaban J connectivity index is 0.00000191. The number of nitrogens with one attached hydrogen (secondary N) is 1. The lowest BCUT2D eigenvalue weighted by Gasteiger charge is -2.33. The van der Waals surface area contributed by atoms with Crippen LogP contribution in [-0.2, 0) is 11.0 Å². The second kappa shape index (κ2) is 8.98. The molecule has 1 N–H and O–H groups in total. The molecule has 0 fully saturated rings. The Morgan fingerprint density at radius 2 is 1.86 bits per heavy atom. The van der Waals surface area contributed by atoms with Crippen LogP contribution in [0.3, 0.4) is 0 Å². The maximum Gasteiger partial charge on any atom is 0.139 e. The third-order valence-electron chi connectivity index (χ3n) is 3.14. The van der Waals surface area contributed by atoms with E-state index >= 15 is 0 Å². The summed E-state index contributed by atoms with van der Waals surface area (Å²) in [5, 5.41) is 4.28. The first-order chi connectivity index (χ1) is 9.66. The molecule has 0 aliphatic rings. The summed E-state index contributed by atoms with van der Waals surface area (Å²) < 4.78 is 15.3. The molecule has 0 bridgehead atoms. The van der Waals surface area contributed by atoms with Gasteiger partial charge in [0.05, 0.1) is 10.7 Å². The van der Waals surface area contributed by atoms with E-state index in [1.54, 1.807) is 0 Å². The van der Waals surface area contributed by atoms with E-state index in [0.29, 0.717) is 0 Å². The average Bonchev–Trinajstić information content (AvgIpc) is 2.74. The van der Waals surface area contributed by atoms with Gasteiger partial charge in [0.25, 0.3) is 0 Å². The number of nitrogens with zero attached hydrogens (tertiary/aromatic N) is 2. The van der Waals surface area contributed by atoms with Gasteiger partial charge in [0.1, 0.15) is 15.2 Å².